The number of nitrogens with one attached hydrogen (secondary N) is 1. The number of benzene rings is 1. The Bertz CT molecular complexity index is 542. The number of hydrogen-bond donors (Lipinski definition) is 1. The first kappa shape index (κ1) is 12.4. The molecule has 0 bridgehead atoms. The first-order valence-corrected chi connectivity index (χ1v) is 6.40. The third-order valence-electron chi connectivity index (χ3n) is 2.46. The van der Waals surface area contributed by atoms with Crippen molar-refractivity contribution in [3.8, 4) is 11.8 Å². The van der Waals surface area contributed by atoms with Crippen molar-refractivity contribution in [2.45, 2.75) is 13.5 Å². The molecular weight excluding hydrogens is 246 g/mol. The van der Waals surface area contributed by atoms with Gasteiger partial charge in [0.25, 0.3) is 0 Å². The van der Waals surface area contributed by atoms with Gasteiger partial charge in [0.2, 0.25) is 0 Å². The third-order valence-corrected chi connectivity index (χ3v) is 3.39. The average molecular weight is 259 g/mol. The van der Waals surface area contributed by atoms with Crippen LogP contribution in [-0.4, -0.2) is 11.6 Å². The highest BCUT2D eigenvalue weighted by Crippen LogP contribution is 2.18. The van der Waals surface area contributed by atoms with Crippen molar-refractivity contribution in [3.63, 3.8) is 0 Å². The standard InChI is InChI=1S/C13H13N3OS/c1-10-13(18-9-16-10)8-15-11-2-4-12(5-3-11)17-7-6-14/h2-5,9,15H,7-8H2,1H3. The summed E-state index contributed by atoms with van der Waals surface area (Å²) in [6, 6.07) is 9.50. The van der Waals surface area contributed by atoms with E-state index < -0.39 is 0 Å². The maximum atomic E-state index is 8.41. The third kappa shape index (κ3) is 3.22. The molecule has 0 fully saturated rings. The van der Waals surface area contributed by atoms with E-state index in [1.165, 1.54) is 4.88 Å². The van der Waals surface area contributed by atoms with Crippen molar-refractivity contribution in [2.75, 3.05) is 11.9 Å². The molecule has 5 heteroatoms. The summed E-state index contributed by atoms with van der Waals surface area (Å²) in [5.41, 5.74) is 3.94. The van der Waals surface area contributed by atoms with E-state index in [1.54, 1.807) is 11.3 Å². The van der Waals surface area contributed by atoms with Gasteiger partial charge in [0, 0.05) is 10.6 Å². The Labute approximate surface area is 110 Å². The molecule has 18 heavy (non-hydrogen) atoms. The van der Waals surface area contributed by atoms with Crippen molar-refractivity contribution in [2.24, 2.45) is 0 Å². The summed E-state index contributed by atoms with van der Waals surface area (Å²) in [7, 11) is 0. The molecule has 0 aliphatic heterocycles. The van der Waals surface area contributed by atoms with E-state index in [0.717, 1.165) is 17.9 Å². The number of nitriles is 1. The van der Waals surface area contributed by atoms with Gasteiger partial charge < -0.3 is 10.1 Å². The molecule has 0 unspecified atom stereocenters. The zero-order valence-corrected chi connectivity index (χ0v) is 10.8. The van der Waals surface area contributed by atoms with Crippen molar-refractivity contribution < 1.29 is 4.74 Å². The summed E-state index contributed by atoms with van der Waals surface area (Å²) in [6.45, 7) is 2.86. The molecule has 1 heterocycles. The minimum atomic E-state index is 0.0762. The van der Waals surface area contributed by atoms with E-state index in [0.29, 0.717) is 5.75 Å². The van der Waals surface area contributed by atoms with Gasteiger partial charge in [-0.1, -0.05) is 0 Å². The average Bonchev–Trinajstić information content (AvgIpc) is 2.81. The molecule has 0 spiro atoms. The minimum Gasteiger partial charge on any atom is -0.479 e. The second kappa shape index (κ2) is 6.03. The predicted octanol–water partition coefficient (Wildman–Crippen LogP) is 2.97. The predicted molar refractivity (Wildman–Crippen MR) is 71.7 cm³/mol. The highest BCUT2D eigenvalue weighted by atomic mass is 32.1. The van der Waals surface area contributed by atoms with Gasteiger partial charge >= 0.3 is 0 Å². The number of nitrogens with zero attached hydrogens (tertiary/aromatic N) is 2. The van der Waals surface area contributed by atoms with Crippen LogP contribution in [0, 0.1) is 18.3 Å². The van der Waals surface area contributed by atoms with Gasteiger partial charge in [-0.2, -0.15) is 5.26 Å². The molecule has 1 N–H and O–H groups in total. The van der Waals surface area contributed by atoms with E-state index in [9.17, 15) is 0 Å². The summed E-state index contributed by atoms with van der Waals surface area (Å²) in [4.78, 5) is 5.44. The number of rotatable bonds is 5. The summed E-state index contributed by atoms with van der Waals surface area (Å²) in [5.74, 6) is 0.705. The van der Waals surface area contributed by atoms with E-state index in [4.69, 9.17) is 10.00 Å². The summed E-state index contributed by atoms with van der Waals surface area (Å²) >= 11 is 1.65. The molecule has 4 nitrogen and oxygen atoms in total. The zero-order valence-electron chi connectivity index (χ0n) is 10.0. The van der Waals surface area contributed by atoms with Gasteiger partial charge in [0.15, 0.2) is 6.61 Å². The quantitative estimate of drug-likeness (QED) is 0.896. The van der Waals surface area contributed by atoms with Crippen LogP contribution in [0.15, 0.2) is 29.8 Å². The molecule has 0 saturated heterocycles. The lowest BCUT2D eigenvalue weighted by molar-refractivity contribution is 0.368. The van der Waals surface area contributed by atoms with Gasteiger partial charge in [-0.3, -0.25) is 0 Å². The molecule has 0 aliphatic rings. The Morgan fingerprint density at radius 1 is 1.39 bits per heavy atom. The Kier molecular flexibility index (Phi) is 4.15. The normalized spacial score (nSPS) is 9.78. The van der Waals surface area contributed by atoms with Crippen LogP contribution in [0.4, 0.5) is 5.69 Å². The minimum absolute atomic E-state index is 0.0762. The number of anilines is 1. The van der Waals surface area contributed by atoms with Gasteiger partial charge in [0.05, 0.1) is 17.7 Å². The van der Waals surface area contributed by atoms with Crippen molar-refractivity contribution >= 4 is 17.0 Å². The highest BCUT2D eigenvalue weighted by Gasteiger charge is 2.01. The molecule has 2 rings (SSSR count). The Morgan fingerprint density at radius 2 is 2.17 bits per heavy atom. The molecule has 0 radical (unpaired) electrons. The molecule has 1 aromatic carbocycles. The summed E-state index contributed by atoms with van der Waals surface area (Å²) in [5, 5.41) is 11.7. The second-order valence-electron chi connectivity index (χ2n) is 3.69. The van der Waals surface area contributed by atoms with Crippen LogP contribution in [0.25, 0.3) is 0 Å². The molecule has 2 aromatic rings. The fourth-order valence-corrected chi connectivity index (χ4v) is 2.18. The maximum absolute atomic E-state index is 8.41. The maximum Gasteiger partial charge on any atom is 0.174 e. The molecule has 0 atom stereocenters. The zero-order chi connectivity index (χ0) is 12.8. The number of hydrogen-bond acceptors (Lipinski definition) is 5. The van der Waals surface area contributed by atoms with E-state index in [-0.39, 0.29) is 6.61 Å². The van der Waals surface area contributed by atoms with Crippen LogP contribution >= 0.6 is 11.3 Å². The van der Waals surface area contributed by atoms with Crippen LogP contribution < -0.4 is 10.1 Å². The van der Waals surface area contributed by atoms with Gasteiger partial charge in [-0.25, -0.2) is 4.98 Å². The SMILES string of the molecule is Cc1ncsc1CNc1ccc(OCC#N)cc1. The largest absolute Gasteiger partial charge is 0.479 e. The van der Waals surface area contributed by atoms with Crippen molar-refractivity contribution in [3.05, 3.63) is 40.3 Å². The second-order valence-corrected chi connectivity index (χ2v) is 4.62. The summed E-state index contributed by atoms with van der Waals surface area (Å²) in [6.07, 6.45) is 0. The number of thiazole rings is 1. The van der Waals surface area contributed by atoms with Crippen LogP contribution in [-0.2, 0) is 6.54 Å². The molecule has 1 aromatic heterocycles. The monoisotopic (exact) mass is 259 g/mol. The lowest BCUT2D eigenvalue weighted by atomic mass is 10.3. The van der Waals surface area contributed by atoms with Crippen molar-refractivity contribution in [1.29, 1.82) is 5.26 Å². The van der Waals surface area contributed by atoms with Gasteiger partial charge in [0.1, 0.15) is 11.8 Å². The lowest BCUT2D eigenvalue weighted by Gasteiger charge is -2.06. The first-order chi connectivity index (χ1) is 8.79. The topological polar surface area (TPSA) is 57.9 Å². The van der Waals surface area contributed by atoms with Crippen LogP contribution in [0.2, 0.25) is 0 Å². The molecule has 0 amide bonds. The van der Waals surface area contributed by atoms with Crippen LogP contribution in [0.1, 0.15) is 10.6 Å². The summed E-state index contributed by atoms with van der Waals surface area (Å²) < 4.78 is 5.18. The lowest BCUT2D eigenvalue weighted by Crippen LogP contribution is -1.99. The smallest absolute Gasteiger partial charge is 0.174 e. The van der Waals surface area contributed by atoms with Crippen LogP contribution in [0.5, 0.6) is 5.75 Å². The molecule has 0 saturated carbocycles. The Hall–Kier alpha value is -2.06. The fraction of sp³-hybridized carbons (Fsp3) is 0.231. The van der Waals surface area contributed by atoms with Gasteiger partial charge in [-0.05, 0) is 31.2 Å². The van der Waals surface area contributed by atoms with Gasteiger partial charge in [-0.15, -0.1) is 11.3 Å². The molecule has 0 aliphatic carbocycles. The fourth-order valence-electron chi connectivity index (χ4n) is 1.46. The van der Waals surface area contributed by atoms with Crippen molar-refractivity contribution in [1.82, 2.24) is 4.98 Å². The molecule has 92 valence electrons. The first-order valence-electron chi connectivity index (χ1n) is 5.52. The highest BCUT2D eigenvalue weighted by molar-refractivity contribution is 7.09. The number of aryl methyl sites for hydroxylation is 1. The molecular formula is C13H13N3OS. The number of aromatic nitrogens is 1. The van der Waals surface area contributed by atoms with E-state index in [2.05, 4.69) is 10.3 Å². The van der Waals surface area contributed by atoms with E-state index in [1.807, 2.05) is 42.8 Å². The number of ether oxygens (including phenoxy) is 1. The van der Waals surface area contributed by atoms with Crippen LogP contribution in [0.3, 0.4) is 0 Å². The van der Waals surface area contributed by atoms with E-state index >= 15 is 0 Å². The Morgan fingerprint density at radius 3 is 2.78 bits per heavy atom. The Balaban J connectivity index is 1.91.